The molecular weight excluding hydrogens is 564 g/mol. The minimum absolute atomic E-state index is 0.00606. The van der Waals surface area contributed by atoms with Crippen LogP contribution in [0, 0.1) is 5.82 Å². The summed E-state index contributed by atoms with van der Waals surface area (Å²) in [7, 11) is 3.00. The molecule has 0 saturated heterocycles. The average Bonchev–Trinajstić information content (AvgIpc) is 2.95. The van der Waals surface area contributed by atoms with E-state index in [4.69, 9.17) is 16.3 Å². The smallest absolute Gasteiger partial charge is 0.424 e. The van der Waals surface area contributed by atoms with Gasteiger partial charge in [0.15, 0.2) is 0 Å². The molecule has 0 bridgehead atoms. The van der Waals surface area contributed by atoms with Crippen molar-refractivity contribution >= 4 is 28.4 Å². The van der Waals surface area contributed by atoms with Gasteiger partial charge < -0.3 is 20.5 Å². The highest BCUT2D eigenvalue weighted by atomic mass is 35.5. The zero-order valence-electron chi connectivity index (χ0n) is 22.5. The fourth-order valence-electron chi connectivity index (χ4n) is 4.14. The Morgan fingerprint density at radius 2 is 1.83 bits per heavy atom. The molecule has 2 aromatic carbocycles. The molecule has 0 fully saturated rings. The van der Waals surface area contributed by atoms with Crippen molar-refractivity contribution in [3.8, 4) is 17.0 Å². The van der Waals surface area contributed by atoms with Crippen molar-refractivity contribution in [2.24, 2.45) is 0 Å². The number of amides is 1. The normalized spacial score (nSPS) is 13.6. The van der Waals surface area contributed by atoms with Crippen LogP contribution in [-0.4, -0.2) is 47.9 Å². The summed E-state index contributed by atoms with van der Waals surface area (Å²) in [5.41, 5.74) is -4.14. The second-order valence-electron chi connectivity index (χ2n) is 9.92. The summed E-state index contributed by atoms with van der Waals surface area (Å²) in [6.07, 6.45) is -3.71. The van der Waals surface area contributed by atoms with Crippen LogP contribution in [0.4, 0.5) is 17.6 Å². The lowest BCUT2D eigenvalue weighted by Crippen LogP contribution is -2.51. The first-order chi connectivity index (χ1) is 19.2. The Balaban J connectivity index is 1.78. The SMILES string of the molecule is CNC(C)(C)c1cc(-c2ccc(F)c(Cl)c2)nc(C(O)(CNC(=O)c2cc(OC)c3ncccc3c2)C(F)(F)F)c1. The molecule has 2 aromatic heterocycles. The van der Waals surface area contributed by atoms with Crippen LogP contribution in [0.2, 0.25) is 5.02 Å². The van der Waals surface area contributed by atoms with Crippen LogP contribution in [-0.2, 0) is 11.1 Å². The van der Waals surface area contributed by atoms with Crippen LogP contribution < -0.4 is 15.4 Å². The number of carbonyl (C=O) groups excluding carboxylic acids is 1. The molecule has 3 N–H and O–H groups in total. The van der Waals surface area contributed by atoms with E-state index in [1.807, 2.05) is 0 Å². The van der Waals surface area contributed by atoms with Gasteiger partial charge in [-0.05, 0) is 75.0 Å². The number of carbonyl (C=O) groups is 1. The fourth-order valence-corrected chi connectivity index (χ4v) is 4.32. The van der Waals surface area contributed by atoms with Gasteiger partial charge in [-0.3, -0.25) is 9.78 Å². The number of alkyl halides is 3. The van der Waals surface area contributed by atoms with Gasteiger partial charge in [-0.25, -0.2) is 9.37 Å². The number of nitrogens with zero attached hydrogens (tertiary/aromatic N) is 2. The summed E-state index contributed by atoms with van der Waals surface area (Å²) in [5, 5.41) is 16.7. The molecule has 1 unspecified atom stereocenters. The Kier molecular flexibility index (Phi) is 8.26. The topological polar surface area (TPSA) is 96.4 Å². The standard InChI is InChI=1S/C29H27ClF4N4O3/c1-27(2,35-3)19-13-22(16-7-8-21(31)20(30)11-16)38-24(14-19)28(40,29(32,33)34)15-37-26(39)18-10-17-6-5-9-36-25(17)23(12-18)41-4/h5-14,35,40H,15H2,1-4H3,(H,37,39). The molecule has 2 heterocycles. The number of benzene rings is 2. The quantitative estimate of drug-likeness (QED) is 0.227. The third kappa shape index (κ3) is 5.97. The van der Waals surface area contributed by atoms with Gasteiger partial charge in [0.1, 0.15) is 17.1 Å². The lowest BCUT2D eigenvalue weighted by molar-refractivity contribution is -0.265. The first-order valence-electron chi connectivity index (χ1n) is 12.4. The van der Waals surface area contributed by atoms with E-state index < -0.39 is 41.3 Å². The predicted molar refractivity (Wildman–Crippen MR) is 147 cm³/mol. The van der Waals surface area contributed by atoms with E-state index >= 15 is 0 Å². The van der Waals surface area contributed by atoms with Gasteiger partial charge in [0.2, 0.25) is 5.60 Å². The van der Waals surface area contributed by atoms with Crippen LogP contribution >= 0.6 is 11.6 Å². The number of hydrogen-bond acceptors (Lipinski definition) is 6. The molecule has 41 heavy (non-hydrogen) atoms. The van der Waals surface area contributed by atoms with E-state index in [2.05, 4.69) is 20.6 Å². The summed E-state index contributed by atoms with van der Waals surface area (Å²) in [6, 6.07) is 12.4. The summed E-state index contributed by atoms with van der Waals surface area (Å²) >= 11 is 5.92. The largest absolute Gasteiger partial charge is 0.494 e. The number of aromatic nitrogens is 2. The van der Waals surface area contributed by atoms with E-state index in [1.54, 1.807) is 39.2 Å². The van der Waals surface area contributed by atoms with Gasteiger partial charge in [0, 0.05) is 28.2 Å². The van der Waals surface area contributed by atoms with Crippen molar-refractivity contribution in [2.45, 2.75) is 31.2 Å². The van der Waals surface area contributed by atoms with Crippen LogP contribution in [0.1, 0.15) is 35.5 Å². The van der Waals surface area contributed by atoms with Crippen molar-refractivity contribution in [3.63, 3.8) is 0 Å². The van der Waals surface area contributed by atoms with Gasteiger partial charge >= 0.3 is 6.18 Å². The van der Waals surface area contributed by atoms with Gasteiger partial charge in [-0.2, -0.15) is 13.2 Å². The van der Waals surface area contributed by atoms with Crippen molar-refractivity contribution in [3.05, 3.63) is 88.5 Å². The van der Waals surface area contributed by atoms with Crippen LogP contribution in [0.3, 0.4) is 0 Å². The summed E-state index contributed by atoms with van der Waals surface area (Å²) in [4.78, 5) is 21.4. The molecule has 1 atom stereocenters. The number of nitrogens with one attached hydrogen (secondary N) is 2. The highest BCUT2D eigenvalue weighted by Crippen LogP contribution is 2.40. The Bertz CT molecular complexity index is 1610. The number of halogens is 5. The van der Waals surface area contributed by atoms with Crippen molar-refractivity contribution in [1.82, 2.24) is 20.6 Å². The Hall–Kier alpha value is -3.80. The molecule has 0 spiro atoms. The zero-order valence-corrected chi connectivity index (χ0v) is 23.3. The van der Waals surface area contributed by atoms with E-state index in [0.29, 0.717) is 16.5 Å². The lowest BCUT2D eigenvalue weighted by atomic mass is 9.89. The molecular formula is C29H27ClF4N4O3. The first kappa shape index (κ1) is 30.2. The minimum atomic E-state index is -5.25. The van der Waals surface area contributed by atoms with Gasteiger partial charge in [0.25, 0.3) is 5.91 Å². The third-order valence-corrected chi connectivity index (χ3v) is 7.23. The lowest BCUT2D eigenvalue weighted by Gasteiger charge is -2.33. The van der Waals surface area contributed by atoms with Crippen LogP contribution in [0.5, 0.6) is 5.75 Å². The fraction of sp³-hybridized carbons (Fsp3) is 0.276. The van der Waals surface area contributed by atoms with Crippen LogP contribution in [0.25, 0.3) is 22.2 Å². The predicted octanol–water partition coefficient (Wildman–Crippen LogP) is 5.73. The number of ether oxygens (including phenoxy) is 1. The van der Waals surface area contributed by atoms with Crippen LogP contribution in [0.15, 0.2) is 60.8 Å². The minimum Gasteiger partial charge on any atom is -0.494 e. The van der Waals surface area contributed by atoms with Crippen molar-refractivity contribution < 1.29 is 32.2 Å². The Labute approximate surface area is 238 Å². The Morgan fingerprint density at radius 1 is 1.10 bits per heavy atom. The monoisotopic (exact) mass is 590 g/mol. The van der Waals surface area contributed by atoms with Gasteiger partial charge in [-0.1, -0.05) is 17.7 Å². The molecule has 4 aromatic rings. The second-order valence-corrected chi connectivity index (χ2v) is 10.3. The van der Waals surface area contributed by atoms with E-state index in [0.717, 1.165) is 12.1 Å². The zero-order chi connectivity index (χ0) is 30.2. The molecule has 7 nitrogen and oxygen atoms in total. The molecule has 1 amide bonds. The summed E-state index contributed by atoms with van der Waals surface area (Å²) < 4.78 is 62.8. The Morgan fingerprint density at radius 3 is 2.46 bits per heavy atom. The molecule has 0 aliphatic carbocycles. The molecule has 4 rings (SSSR count). The molecule has 216 valence electrons. The summed E-state index contributed by atoms with van der Waals surface area (Å²) in [5.74, 6) is -1.34. The van der Waals surface area contributed by atoms with Crippen molar-refractivity contribution in [1.29, 1.82) is 0 Å². The number of pyridine rings is 2. The maximum absolute atomic E-state index is 14.6. The number of aliphatic hydroxyl groups is 1. The highest BCUT2D eigenvalue weighted by molar-refractivity contribution is 6.31. The molecule has 0 aliphatic heterocycles. The van der Waals surface area contributed by atoms with E-state index in [-0.39, 0.29) is 27.6 Å². The van der Waals surface area contributed by atoms with E-state index in [9.17, 15) is 27.5 Å². The van der Waals surface area contributed by atoms with Crippen molar-refractivity contribution in [2.75, 3.05) is 20.7 Å². The molecule has 0 aliphatic rings. The third-order valence-electron chi connectivity index (χ3n) is 6.94. The highest BCUT2D eigenvalue weighted by Gasteiger charge is 2.56. The molecule has 0 saturated carbocycles. The van der Waals surface area contributed by atoms with Gasteiger partial charge in [-0.15, -0.1) is 0 Å². The van der Waals surface area contributed by atoms with Gasteiger partial charge in [0.05, 0.1) is 30.1 Å². The first-order valence-corrected chi connectivity index (χ1v) is 12.8. The number of rotatable bonds is 8. The molecule has 0 radical (unpaired) electrons. The molecule has 12 heteroatoms. The number of fused-ring (bicyclic) bond motifs is 1. The second kappa shape index (κ2) is 11.2. The maximum Gasteiger partial charge on any atom is 0.424 e. The summed E-state index contributed by atoms with van der Waals surface area (Å²) in [6.45, 7) is 2.20. The maximum atomic E-state index is 14.6. The number of methoxy groups -OCH3 is 1. The average molecular weight is 591 g/mol. The number of hydrogen-bond donors (Lipinski definition) is 3. The van der Waals surface area contributed by atoms with E-state index in [1.165, 1.54) is 37.4 Å².